The Bertz CT molecular complexity index is 976. The van der Waals surface area contributed by atoms with E-state index >= 15 is 0 Å². The third kappa shape index (κ3) is 4.99. The fourth-order valence-electron chi connectivity index (χ4n) is 4.24. The van der Waals surface area contributed by atoms with Crippen molar-refractivity contribution in [3.8, 4) is 5.75 Å². The van der Waals surface area contributed by atoms with Crippen molar-refractivity contribution in [3.05, 3.63) is 59.9 Å². The topological polar surface area (TPSA) is 99.3 Å². The van der Waals surface area contributed by atoms with Gasteiger partial charge in [-0.3, -0.25) is 0 Å². The number of amides is 2. The lowest BCUT2D eigenvalue weighted by molar-refractivity contribution is 0.117. The first-order chi connectivity index (χ1) is 15.0. The van der Waals surface area contributed by atoms with Crippen molar-refractivity contribution in [1.29, 1.82) is 0 Å². The van der Waals surface area contributed by atoms with Crippen molar-refractivity contribution in [3.63, 3.8) is 0 Å². The molecule has 0 radical (unpaired) electrons. The molecule has 2 atom stereocenters. The van der Waals surface area contributed by atoms with Gasteiger partial charge in [-0.15, -0.1) is 0 Å². The first kappa shape index (κ1) is 21.2. The molecule has 4 N–H and O–H groups in total. The van der Waals surface area contributed by atoms with Crippen LogP contribution < -0.4 is 15.4 Å². The molecule has 7 nitrogen and oxygen atoms in total. The standard InChI is InChI=1S/C24H30N4O3/c1-15(16-7-13-19(31-2)14-8-16)22(23-26-20-5-3-4-6-21(20)27-23)28-24(30)25-17-9-11-18(29)12-10-17/h3-8,13-15,17-18,22,29H,9-12H2,1-2H3,(H,26,27)(H2,25,28,30)/t15-,17?,18?,22-/m1/s1. The van der Waals surface area contributed by atoms with Gasteiger partial charge in [0.1, 0.15) is 11.6 Å². The van der Waals surface area contributed by atoms with E-state index in [-0.39, 0.29) is 30.1 Å². The average molecular weight is 423 g/mol. The van der Waals surface area contributed by atoms with Crippen molar-refractivity contribution in [2.45, 2.75) is 56.7 Å². The number of fused-ring (bicyclic) bond motifs is 1. The van der Waals surface area contributed by atoms with Gasteiger partial charge in [0, 0.05) is 12.0 Å². The molecule has 0 unspecified atom stereocenters. The number of carbonyl (C=O) groups excluding carboxylic acids is 1. The second kappa shape index (κ2) is 9.39. The van der Waals surface area contributed by atoms with Crippen molar-refractivity contribution >= 4 is 17.1 Å². The zero-order chi connectivity index (χ0) is 21.8. The smallest absolute Gasteiger partial charge is 0.315 e. The van der Waals surface area contributed by atoms with Crippen LogP contribution in [0.1, 0.15) is 56.0 Å². The van der Waals surface area contributed by atoms with Crippen molar-refractivity contribution in [2.24, 2.45) is 0 Å². The Morgan fingerprint density at radius 1 is 1.13 bits per heavy atom. The van der Waals surface area contributed by atoms with E-state index in [2.05, 4.69) is 22.5 Å². The zero-order valence-corrected chi connectivity index (χ0v) is 18.0. The monoisotopic (exact) mass is 422 g/mol. The highest BCUT2D eigenvalue weighted by Gasteiger charge is 2.28. The molecule has 164 valence electrons. The van der Waals surface area contributed by atoms with Crippen molar-refractivity contribution in [2.75, 3.05) is 7.11 Å². The Balaban J connectivity index is 1.56. The van der Waals surface area contributed by atoms with Gasteiger partial charge in [0.15, 0.2) is 0 Å². The lowest BCUT2D eigenvalue weighted by Crippen LogP contribution is -2.46. The number of hydrogen-bond donors (Lipinski definition) is 4. The van der Waals surface area contributed by atoms with E-state index in [4.69, 9.17) is 9.72 Å². The molecule has 0 bridgehead atoms. The molecule has 3 aromatic rings. The van der Waals surface area contributed by atoms with Crippen LogP contribution in [0.4, 0.5) is 4.79 Å². The number of nitrogens with one attached hydrogen (secondary N) is 3. The summed E-state index contributed by atoms with van der Waals surface area (Å²) < 4.78 is 5.27. The summed E-state index contributed by atoms with van der Waals surface area (Å²) in [4.78, 5) is 21.0. The van der Waals surface area contributed by atoms with Gasteiger partial charge in [-0.25, -0.2) is 9.78 Å². The molecule has 1 aromatic heterocycles. The van der Waals surface area contributed by atoms with Crippen LogP contribution in [0.25, 0.3) is 11.0 Å². The first-order valence-corrected chi connectivity index (χ1v) is 10.9. The molecular formula is C24H30N4O3. The Kier molecular flexibility index (Phi) is 6.42. The molecule has 7 heteroatoms. The number of aromatic nitrogens is 2. The van der Waals surface area contributed by atoms with Gasteiger partial charge < -0.3 is 25.5 Å². The maximum absolute atomic E-state index is 12.9. The third-order valence-electron chi connectivity index (χ3n) is 6.16. The van der Waals surface area contributed by atoms with Gasteiger partial charge in [0.25, 0.3) is 0 Å². The molecular weight excluding hydrogens is 392 g/mol. The minimum Gasteiger partial charge on any atom is -0.497 e. The number of H-pyrrole nitrogens is 1. The summed E-state index contributed by atoms with van der Waals surface area (Å²) in [5.41, 5.74) is 2.88. The Morgan fingerprint density at radius 2 is 1.84 bits per heavy atom. The molecule has 0 aliphatic heterocycles. The van der Waals surface area contributed by atoms with Crippen LogP contribution in [0.5, 0.6) is 5.75 Å². The lowest BCUT2D eigenvalue weighted by atomic mass is 9.92. The number of aliphatic hydroxyl groups is 1. The molecule has 1 saturated carbocycles. The highest BCUT2D eigenvalue weighted by atomic mass is 16.5. The second-order valence-electron chi connectivity index (χ2n) is 8.30. The molecule has 2 aromatic carbocycles. The van der Waals surface area contributed by atoms with E-state index in [1.165, 1.54) is 0 Å². The number of para-hydroxylation sites is 2. The Morgan fingerprint density at radius 3 is 2.52 bits per heavy atom. The molecule has 0 spiro atoms. The van der Waals surface area contributed by atoms with Gasteiger partial charge >= 0.3 is 6.03 Å². The number of carbonyl (C=O) groups is 1. The SMILES string of the molecule is COc1ccc([C@@H](C)[C@@H](NC(=O)NC2CCC(O)CC2)c2nc3ccccc3[nH]2)cc1. The lowest BCUT2D eigenvalue weighted by Gasteiger charge is -2.29. The number of imidazole rings is 1. The molecule has 1 fully saturated rings. The number of rotatable bonds is 6. The molecule has 31 heavy (non-hydrogen) atoms. The quantitative estimate of drug-likeness (QED) is 0.482. The van der Waals surface area contributed by atoms with Gasteiger partial charge in [0.05, 0.1) is 30.3 Å². The predicted octanol–water partition coefficient (Wildman–Crippen LogP) is 4.02. The van der Waals surface area contributed by atoms with Gasteiger partial charge in [-0.1, -0.05) is 31.2 Å². The molecule has 0 saturated heterocycles. The van der Waals surface area contributed by atoms with E-state index in [1.807, 2.05) is 48.5 Å². The molecule has 1 aliphatic rings. The average Bonchev–Trinajstić information content (AvgIpc) is 3.22. The number of nitrogens with zero attached hydrogens (tertiary/aromatic N) is 1. The van der Waals surface area contributed by atoms with Crippen LogP contribution in [0.15, 0.2) is 48.5 Å². The van der Waals surface area contributed by atoms with Crippen molar-refractivity contribution in [1.82, 2.24) is 20.6 Å². The van der Waals surface area contributed by atoms with Gasteiger partial charge in [-0.2, -0.15) is 0 Å². The highest BCUT2D eigenvalue weighted by molar-refractivity contribution is 5.77. The molecule has 1 heterocycles. The molecule has 1 aliphatic carbocycles. The minimum atomic E-state index is -0.338. The number of methoxy groups -OCH3 is 1. The van der Waals surface area contributed by atoms with Crippen LogP contribution in [0.2, 0.25) is 0 Å². The maximum Gasteiger partial charge on any atom is 0.315 e. The zero-order valence-electron chi connectivity index (χ0n) is 18.0. The van der Waals surface area contributed by atoms with E-state index in [1.54, 1.807) is 7.11 Å². The summed E-state index contributed by atoms with van der Waals surface area (Å²) in [6, 6.07) is 15.3. The number of benzene rings is 2. The Hall–Kier alpha value is -3.06. The van der Waals surface area contributed by atoms with Crippen LogP contribution >= 0.6 is 0 Å². The minimum absolute atomic E-state index is 0.0228. The number of aliphatic hydroxyl groups excluding tert-OH is 1. The van der Waals surface area contributed by atoms with Crippen molar-refractivity contribution < 1.29 is 14.6 Å². The summed E-state index contributed by atoms with van der Waals surface area (Å²) >= 11 is 0. The van der Waals surface area contributed by atoms with Crippen LogP contribution in [-0.4, -0.2) is 40.4 Å². The maximum atomic E-state index is 12.9. The summed E-state index contributed by atoms with van der Waals surface area (Å²) in [7, 11) is 1.64. The second-order valence-corrected chi connectivity index (χ2v) is 8.30. The summed E-state index contributed by atoms with van der Waals surface area (Å²) in [6.45, 7) is 2.08. The third-order valence-corrected chi connectivity index (χ3v) is 6.16. The Labute approximate surface area is 182 Å². The normalized spacial score (nSPS) is 20.7. The summed E-state index contributed by atoms with van der Waals surface area (Å²) in [5, 5.41) is 15.9. The van der Waals surface area contributed by atoms with E-state index in [0.29, 0.717) is 0 Å². The number of urea groups is 1. The number of ether oxygens (including phenoxy) is 1. The molecule has 4 rings (SSSR count). The summed E-state index contributed by atoms with van der Waals surface area (Å²) in [5.74, 6) is 1.49. The van der Waals surface area contributed by atoms with Gasteiger partial charge in [0.2, 0.25) is 0 Å². The van der Waals surface area contributed by atoms with E-state index in [9.17, 15) is 9.90 Å². The fraction of sp³-hybridized carbons (Fsp3) is 0.417. The van der Waals surface area contributed by atoms with E-state index in [0.717, 1.165) is 53.9 Å². The molecule has 2 amide bonds. The number of aromatic amines is 1. The highest BCUT2D eigenvalue weighted by Crippen LogP contribution is 2.31. The summed E-state index contributed by atoms with van der Waals surface area (Å²) in [6.07, 6.45) is 2.77. The first-order valence-electron chi connectivity index (χ1n) is 10.9. The van der Waals surface area contributed by atoms with E-state index < -0.39 is 0 Å². The van der Waals surface area contributed by atoms with Crippen LogP contribution in [-0.2, 0) is 0 Å². The van der Waals surface area contributed by atoms with Crippen LogP contribution in [0, 0.1) is 0 Å². The number of hydrogen-bond acceptors (Lipinski definition) is 4. The van der Waals surface area contributed by atoms with Gasteiger partial charge in [-0.05, 0) is 55.5 Å². The predicted molar refractivity (Wildman–Crippen MR) is 120 cm³/mol. The fourth-order valence-corrected chi connectivity index (χ4v) is 4.24. The van der Waals surface area contributed by atoms with Crippen LogP contribution in [0.3, 0.4) is 0 Å². The largest absolute Gasteiger partial charge is 0.497 e.